The fraction of sp³-hybridized carbons (Fsp3) is 0.588. The van der Waals surface area contributed by atoms with E-state index in [4.69, 9.17) is 0 Å². The molecule has 0 bridgehead atoms. The van der Waals surface area contributed by atoms with E-state index in [0.717, 1.165) is 37.6 Å². The number of hydrogen-bond donors (Lipinski definition) is 3. The Labute approximate surface area is 164 Å². The molecule has 0 spiro atoms. The Morgan fingerprint density at radius 2 is 1.92 bits per heavy atom. The van der Waals surface area contributed by atoms with Crippen molar-refractivity contribution in [1.29, 1.82) is 0 Å². The van der Waals surface area contributed by atoms with Crippen molar-refractivity contribution in [2.45, 2.75) is 44.0 Å². The lowest BCUT2D eigenvalue weighted by Gasteiger charge is -2.32. The standard InChI is InChI=1S/C17H23F2N3O2.2ClH/c18-14-2-1-11(7-15(14)19)10-22-5-3-12(4-6-22)21-17(24)16-8-13(23)9-20-16;;/h1-2,7,12-13,16,20,23H,3-6,8-10H2,(H,21,24);2*1H. The molecule has 2 aliphatic heterocycles. The van der Waals surface area contributed by atoms with Gasteiger partial charge in [-0.25, -0.2) is 8.78 Å². The van der Waals surface area contributed by atoms with Crippen molar-refractivity contribution in [3.05, 3.63) is 35.4 Å². The van der Waals surface area contributed by atoms with Crippen molar-refractivity contribution in [3.8, 4) is 0 Å². The first-order valence-corrected chi connectivity index (χ1v) is 8.39. The predicted octanol–water partition coefficient (Wildman–Crippen LogP) is 1.61. The van der Waals surface area contributed by atoms with Gasteiger partial charge in [0.15, 0.2) is 11.6 Å². The van der Waals surface area contributed by atoms with Crippen LogP contribution in [0.4, 0.5) is 8.78 Å². The molecule has 2 unspecified atom stereocenters. The Hall–Kier alpha value is -0.990. The van der Waals surface area contributed by atoms with Crippen molar-refractivity contribution < 1.29 is 18.7 Å². The lowest BCUT2D eigenvalue weighted by molar-refractivity contribution is -0.124. The largest absolute Gasteiger partial charge is 0.392 e. The molecule has 0 radical (unpaired) electrons. The molecule has 2 saturated heterocycles. The van der Waals surface area contributed by atoms with Crippen LogP contribution in [-0.4, -0.2) is 53.7 Å². The van der Waals surface area contributed by atoms with E-state index in [1.54, 1.807) is 6.07 Å². The van der Waals surface area contributed by atoms with Crippen LogP contribution in [-0.2, 0) is 11.3 Å². The molecule has 148 valence electrons. The van der Waals surface area contributed by atoms with Gasteiger partial charge in [-0.2, -0.15) is 0 Å². The van der Waals surface area contributed by atoms with Gasteiger partial charge in [-0.15, -0.1) is 24.8 Å². The Bertz CT molecular complexity index is 601. The number of rotatable bonds is 4. The minimum Gasteiger partial charge on any atom is -0.392 e. The quantitative estimate of drug-likeness (QED) is 0.704. The molecule has 5 nitrogen and oxygen atoms in total. The third-order valence-corrected chi connectivity index (χ3v) is 4.75. The summed E-state index contributed by atoms with van der Waals surface area (Å²) in [7, 11) is 0. The van der Waals surface area contributed by atoms with Gasteiger partial charge in [-0.3, -0.25) is 9.69 Å². The number of benzene rings is 1. The highest BCUT2D eigenvalue weighted by Crippen LogP contribution is 2.16. The maximum Gasteiger partial charge on any atom is 0.237 e. The lowest BCUT2D eigenvalue weighted by Crippen LogP contribution is -2.49. The first-order chi connectivity index (χ1) is 11.5. The van der Waals surface area contributed by atoms with Gasteiger partial charge in [0.2, 0.25) is 5.91 Å². The first-order valence-electron chi connectivity index (χ1n) is 8.39. The van der Waals surface area contributed by atoms with Gasteiger partial charge in [0.25, 0.3) is 0 Å². The van der Waals surface area contributed by atoms with Gasteiger partial charge in [0.05, 0.1) is 12.1 Å². The van der Waals surface area contributed by atoms with Gasteiger partial charge in [-0.1, -0.05) is 6.07 Å². The van der Waals surface area contributed by atoms with E-state index >= 15 is 0 Å². The fourth-order valence-corrected chi connectivity index (χ4v) is 3.35. The van der Waals surface area contributed by atoms with E-state index in [9.17, 15) is 18.7 Å². The molecule has 2 heterocycles. The average Bonchev–Trinajstić information content (AvgIpc) is 2.99. The number of aliphatic hydroxyl groups is 1. The molecule has 2 atom stereocenters. The molecular formula is C17H25Cl2F2N3O2. The Balaban J connectivity index is 0.00000169. The van der Waals surface area contributed by atoms with E-state index in [-0.39, 0.29) is 42.8 Å². The molecule has 1 aromatic rings. The van der Waals surface area contributed by atoms with Crippen molar-refractivity contribution >= 4 is 30.7 Å². The van der Waals surface area contributed by atoms with E-state index in [0.29, 0.717) is 19.5 Å². The van der Waals surface area contributed by atoms with Crippen molar-refractivity contribution in [3.63, 3.8) is 0 Å². The minimum absolute atomic E-state index is 0. The van der Waals surface area contributed by atoms with Crippen LogP contribution in [0.1, 0.15) is 24.8 Å². The Morgan fingerprint density at radius 1 is 1.23 bits per heavy atom. The number of likely N-dealkylation sites (tertiary alicyclic amines) is 1. The number of hydrogen-bond acceptors (Lipinski definition) is 4. The third-order valence-electron chi connectivity index (χ3n) is 4.75. The second-order valence-electron chi connectivity index (χ2n) is 6.66. The number of carbonyl (C=O) groups is 1. The topological polar surface area (TPSA) is 64.6 Å². The highest BCUT2D eigenvalue weighted by Gasteiger charge is 2.30. The molecule has 2 fully saturated rings. The van der Waals surface area contributed by atoms with E-state index in [1.807, 2.05) is 0 Å². The van der Waals surface area contributed by atoms with Gasteiger partial charge < -0.3 is 15.7 Å². The molecule has 0 aliphatic carbocycles. The van der Waals surface area contributed by atoms with Gasteiger partial charge in [-0.05, 0) is 37.0 Å². The fourth-order valence-electron chi connectivity index (χ4n) is 3.35. The smallest absolute Gasteiger partial charge is 0.237 e. The van der Waals surface area contributed by atoms with Crippen LogP contribution in [0.2, 0.25) is 0 Å². The van der Waals surface area contributed by atoms with Crippen molar-refractivity contribution in [2.75, 3.05) is 19.6 Å². The lowest BCUT2D eigenvalue weighted by atomic mass is 10.0. The predicted molar refractivity (Wildman–Crippen MR) is 99.7 cm³/mol. The van der Waals surface area contributed by atoms with Crippen LogP contribution in [0.5, 0.6) is 0 Å². The van der Waals surface area contributed by atoms with Crippen LogP contribution in [0, 0.1) is 11.6 Å². The molecular weight excluding hydrogens is 387 g/mol. The Kier molecular flexibility index (Phi) is 9.19. The van der Waals surface area contributed by atoms with Crippen molar-refractivity contribution in [1.82, 2.24) is 15.5 Å². The monoisotopic (exact) mass is 411 g/mol. The van der Waals surface area contributed by atoms with Crippen LogP contribution in [0.15, 0.2) is 18.2 Å². The van der Waals surface area contributed by atoms with Crippen molar-refractivity contribution in [2.24, 2.45) is 0 Å². The number of halogens is 4. The number of amides is 1. The first kappa shape index (κ1) is 23.0. The number of carbonyl (C=O) groups excluding carboxylic acids is 1. The van der Waals surface area contributed by atoms with Crippen LogP contribution in [0.3, 0.4) is 0 Å². The summed E-state index contributed by atoms with van der Waals surface area (Å²) in [6.07, 6.45) is 1.66. The second-order valence-corrected chi connectivity index (χ2v) is 6.66. The average molecular weight is 412 g/mol. The summed E-state index contributed by atoms with van der Waals surface area (Å²) in [5.41, 5.74) is 0.750. The summed E-state index contributed by atoms with van der Waals surface area (Å²) in [4.78, 5) is 14.3. The molecule has 0 saturated carbocycles. The molecule has 1 amide bonds. The summed E-state index contributed by atoms with van der Waals surface area (Å²) in [5, 5.41) is 15.5. The maximum absolute atomic E-state index is 13.2. The van der Waals surface area contributed by atoms with Crippen LogP contribution < -0.4 is 10.6 Å². The highest BCUT2D eigenvalue weighted by molar-refractivity contribution is 5.85. The highest BCUT2D eigenvalue weighted by atomic mass is 35.5. The summed E-state index contributed by atoms with van der Waals surface area (Å²) in [6, 6.07) is 3.81. The van der Waals surface area contributed by atoms with E-state index in [2.05, 4.69) is 15.5 Å². The van der Waals surface area contributed by atoms with Gasteiger partial charge in [0, 0.05) is 32.2 Å². The summed E-state index contributed by atoms with van der Waals surface area (Å²) < 4.78 is 26.2. The van der Waals surface area contributed by atoms with Crippen LogP contribution in [0.25, 0.3) is 0 Å². The normalized spacial score (nSPS) is 23.8. The summed E-state index contributed by atoms with van der Waals surface area (Å²) in [5.74, 6) is -1.70. The number of β-amino-alcohol motifs (C(OH)–C–C–N with tert-alkyl or cyclic N) is 1. The van der Waals surface area contributed by atoms with E-state index in [1.165, 1.54) is 6.07 Å². The zero-order valence-electron chi connectivity index (χ0n) is 14.3. The molecule has 3 N–H and O–H groups in total. The number of aliphatic hydroxyl groups excluding tert-OH is 1. The third kappa shape index (κ3) is 6.03. The maximum atomic E-state index is 13.2. The molecule has 0 aromatic heterocycles. The number of nitrogens with one attached hydrogen (secondary N) is 2. The summed E-state index contributed by atoms with van der Waals surface area (Å²) in [6.45, 7) is 2.63. The SMILES string of the molecule is Cl.Cl.O=C(NC1CCN(Cc2ccc(F)c(F)c2)CC1)C1CC(O)CN1. The number of nitrogens with zero attached hydrogens (tertiary/aromatic N) is 1. The molecule has 1 aromatic carbocycles. The molecule has 2 aliphatic rings. The molecule has 3 rings (SSSR count). The minimum atomic E-state index is -0.828. The van der Waals surface area contributed by atoms with Gasteiger partial charge in [0.1, 0.15) is 0 Å². The summed E-state index contributed by atoms with van der Waals surface area (Å²) >= 11 is 0. The Morgan fingerprint density at radius 3 is 2.50 bits per heavy atom. The molecule has 26 heavy (non-hydrogen) atoms. The van der Waals surface area contributed by atoms with Gasteiger partial charge >= 0.3 is 0 Å². The zero-order chi connectivity index (χ0) is 17.1. The second kappa shape index (κ2) is 10.4. The van der Waals surface area contributed by atoms with E-state index < -0.39 is 17.7 Å². The molecule has 9 heteroatoms. The number of piperidine rings is 1. The van der Waals surface area contributed by atoms with Crippen LogP contribution >= 0.6 is 24.8 Å². The zero-order valence-corrected chi connectivity index (χ0v) is 15.9.